The molecule has 0 fully saturated rings. The molecular formula is C15H12F2N4. The Bertz CT molecular complexity index is 769. The molecule has 0 amide bonds. The molecule has 4 nitrogen and oxygen atoms in total. The molecule has 0 unspecified atom stereocenters. The first kappa shape index (κ1) is 13.4. The van der Waals surface area contributed by atoms with Crippen molar-refractivity contribution in [1.29, 1.82) is 0 Å². The van der Waals surface area contributed by atoms with Gasteiger partial charge < -0.3 is 5.73 Å². The number of aromatic nitrogens is 3. The van der Waals surface area contributed by atoms with Crippen molar-refractivity contribution in [2.75, 3.05) is 0 Å². The first-order valence-electron chi connectivity index (χ1n) is 6.36. The van der Waals surface area contributed by atoms with Gasteiger partial charge in [0.05, 0.1) is 12.1 Å². The number of halogens is 2. The Balaban J connectivity index is 2.25. The molecule has 0 atom stereocenters. The topological polar surface area (TPSA) is 56.7 Å². The van der Waals surface area contributed by atoms with E-state index < -0.39 is 11.6 Å². The molecule has 6 heteroatoms. The van der Waals surface area contributed by atoms with Gasteiger partial charge in [0.25, 0.3) is 0 Å². The van der Waals surface area contributed by atoms with Gasteiger partial charge in [0.2, 0.25) is 0 Å². The van der Waals surface area contributed by atoms with Crippen LogP contribution in [0.2, 0.25) is 0 Å². The summed E-state index contributed by atoms with van der Waals surface area (Å²) in [6, 6.07) is 13.1. The minimum absolute atomic E-state index is 0.0473. The average molecular weight is 286 g/mol. The Morgan fingerprint density at radius 2 is 1.71 bits per heavy atom. The molecule has 106 valence electrons. The monoisotopic (exact) mass is 286 g/mol. The SMILES string of the molecule is NCc1nnc(-c2cccc(F)c2F)n1-c1ccccc1. The van der Waals surface area contributed by atoms with Crippen LogP contribution < -0.4 is 5.73 Å². The zero-order chi connectivity index (χ0) is 14.8. The van der Waals surface area contributed by atoms with Crippen LogP contribution >= 0.6 is 0 Å². The third-order valence-corrected chi connectivity index (χ3v) is 3.12. The van der Waals surface area contributed by atoms with Crippen molar-refractivity contribution in [3.63, 3.8) is 0 Å². The molecule has 3 aromatic rings. The van der Waals surface area contributed by atoms with E-state index in [9.17, 15) is 8.78 Å². The lowest BCUT2D eigenvalue weighted by Gasteiger charge is -2.10. The lowest BCUT2D eigenvalue weighted by Crippen LogP contribution is -2.08. The maximum atomic E-state index is 14.0. The van der Waals surface area contributed by atoms with Gasteiger partial charge in [0.15, 0.2) is 23.3 Å². The standard InChI is InChI=1S/C15H12F2N4/c16-12-8-4-7-11(14(12)17)15-20-19-13(9-18)21(15)10-5-2-1-3-6-10/h1-8H,9,18H2. The van der Waals surface area contributed by atoms with Gasteiger partial charge in [0, 0.05) is 5.69 Å². The molecule has 0 spiro atoms. The molecule has 2 aromatic carbocycles. The maximum Gasteiger partial charge on any atom is 0.171 e. The summed E-state index contributed by atoms with van der Waals surface area (Å²) in [7, 11) is 0. The lowest BCUT2D eigenvalue weighted by atomic mass is 10.2. The fourth-order valence-electron chi connectivity index (χ4n) is 2.15. The Hall–Kier alpha value is -2.60. The van der Waals surface area contributed by atoms with Gasteiger partial charge in [0.1, 0.15) is 0 Å². The predicted octanol–water partition coefficient (Wildman–Crippen LogP) is 2.67. The number of benzene rings is 2. The summed E-state index contributed by atoms with van der Waals surface area (Å²) in [6.07, 6.45) is 0. The van der Waals surface area contributed by atoms with E-state index in [2.05, 4.69) is 10.2 Å². The van der Waals surface area contributed by atoms with Crippen molar-refractivity contribution in [2.45, 2.75) is 6.54 Å². The number of nitrogens with zero attached hydrogens (tertiary/aromatic N) is 3. The van der Waals surface area contributed by atoms with E-state index in [0.717, 1.165) is 11.8 Å². The van der Waals surface area contributed by atoms with Crippen molar-refractivity contribution in [1.82, 2.24) is 14.8 Å². The third kappa shape index (κ3) is 2.30. The molecule has 2 N–H and O–H groups in total. The number of nitrogens with two attached hydrogens (primary N) is 1. The van der Waals surface area contributed by atoms with Gasteiger partial charge in [-0.05, 0) is 24.3 Å². The minimum atomic E-state index is -0.953. The van der Waals surface area contributed by atoms with Crippen LogP contribution in [0.5, 0.6) is 0 Å². The summed E-state index contributed by atoms with van der Waals surface area (Å²) in [5.74, 6) is -1.19. The second-order valence-electron chi connectivity index (χ2n) is 4.42. The summed E-state index contributed by atoms with van der Waals surface area (Å²) in [5, 5.41) is 7.92. The largest absolute Gasteiger partial charge is 0.324 e. The number of hydrogen-bond donors (Lipinski definition) is 1. The first-order valence-corrected chi connectivity index (χ1v) is 6.36. The smallest absolute Gasteiger partial charge is 0.171 e. The molecule has 0 saturated carbocycles. The first-order chi connectivity index (χ1) is 10.2. The molecule has 0 aliphatic rings. The van der Waals surface area contributed by atoms with Crippen molar-refractivity contribution >= 4 is 0 Å². The van der Waals surface area contributed by atoms with Gasteiger partial charge >= 0.3 is 0 Å². The number of hydrogen-bond acceptors (Lipinski definition) is 3. The fraction of sp³-hybridized carbons (Fsp3) is 0.0667. The quantitative estimate of drug-likeness (QED) is 0.805. The normalized spacial score (nSPS) is 10.8. The summed E-state index contributed by atoms with van der Waals surface area (Å²) in [6.45, 7) is 0.138. The van der Waals surface area contributed by atoms with Gasteiger partial charge in [-0.3, -0.25) is 4.57 Å². The van der Waals surface area contributed by atoms with Crippen molar-refractivity contribution in [2.24, 2.45) is 5.73 Å². The minimum Gasteiger partial charge on any atom is -0.324 e. The third-order valence-electron chi connectivity index (χ3n) is 3.12. The Morgan fingerprint density at radius 1 is 0.952 bits per heavy atom. The molecule has 0 radical (unpaired) electrons. The Morgan fingerprint density at radius 3 is 2.43 bits per heavy atom. The summed E-state index contributed by atoms with van der Waals surface area (Å²) < 4.78 is 29.1. The number of rotatable bonds is 3. The molecular weight excluding hydrogens is 274 g/mol. The highest BCUT2D eigenvalue weighted by Crippen LogP contribution is 2.26. The molecule has 3 rings (SSSR count). The van der Waals surface area contributed by atoms with Crippen molar-refractivity contribution in [3.05, 3.63) is 66.0 Å². The predicted molar refractivity (Wildman–Crippen MR) is 74.6 cm³/mol. The molecule has 0 saturated heterocycles. The highest BCUT2D eigenvalue weighted by Gasteiger charge is 2.19. The van der Waals surface area contributed by atoms with Crippen LogP contribution in [0, 0.1) is 11.6 Å². The molecule has 0 aliphatic carbocycles. The molecule has 0 bridgehead atoms. The highest BCUT2D eigenvalue weighted by molar-refractivity contribution is 5.59. The Labute approximate surface area is 119 Å². The van der Waals surface area contributed by atoms with Gasteiger partial charge in [-0.2, -0.15) is 0 Å². The van der Waals surface area contributed by atoms with E-state index >= 15 is 0 Å². The average Bonchev–Trinajstić information content (AvgIpc) is 2.94. The number of para-hydroxylation sites is 1. The molecule has 1 aromatic heterocycles. The van der Waals surface area contributed by atoms with Crippen LogP contribution in [-0.4, -0.2) is 14.8 Å². The summed E-state index contributed by atoms with van der Waals surface area (Å²) in [5.41, 5.74) is 6.44. The fourth-order valence-corrected chi connectivity index (χ4v) is 2.15. The van der Waals surface area contributed by atoms with Crippen LogP contribution in [0.15, 0.2) is 48.5 Å². The van der Waals surface area contributed by atoms with Crippen molar-refractivity contribution < 1.29 is 8.78 Å². The molecule has 0 aliphatic heterocycles. The van der Waals surface area contributed by atoms with Crippen LogP contribution in [0.1, 0.15) is 5.82 Å². The van der Waals surface area contributed by atoms with Gasteiger partial charge in [-0.1, -0.05) is 24.3 Å². The van der Waals surface area contributed by atoms with E-state index in [1.807, 2.05) is 30.3 Å². The van der Waals surface area contributed by atoms with Crippen molar-refractivity contribution in [3.8, 4) is 17.1 Å². The van der Waals surface area contributed by atoms with E-state index in [-0.39, 0.29) is 17.9 Å². The lowest BCUT2D eigenvalue weighted by molar-refractivity contribution is 0.510. The second-order valence-corrected chi connectivity index (χ2v) is 4.42. The van der Waals surface area contributed by atoms with Crippen LogP contribution in [-0.2, 0) is 6.54 Å². The van der Waals surface area contributed by atoms with Crippen LogP contribution in [0.4, 0.5) is 8.78 Å². The van der Waals surface area contributed by atoms with E-state index in [1.165, 1.54) is 12.1 Å². The zero-order valence-corrected chi connectivity index (χ0v) is 11.0. The second kappa shape index (κ2) is 5.41. The Kier molecular flexibility index (Phi) is 3.45. The highest BCUT2D eigenvalue weighted by atomic mass is 19.2. The summed E-state index contributed by atoms with van der Waals surface area (Å²) >= 11 is 0. The van der Waals surface area contributed by atoms with Gasteiger partial charge in [-0.15, -0.1) is 10.2 Å². The van der Waals surface area contributed by atoms with E-state index in [0.29, 0.717) is 5.82 Å². The molecule has 21 heavy (non-hydrogen) atoms. The van der Waals surface area contributed by atoms with Crippen LogP contribution in [0.25, 0.3) is 17.1 Å². The van der Waals surface area contributed by atoms with Gasteiger partial charge in [-0.25, -0.2) is 8.78 Å². The zero-order valence-electron chi connectivity index (χ0n) is 11.0. The maximum absolute atomic E-state index is 14.0. The van der Waals surface area contributed by atoms with E-state index in [1.54, 1.807) is 4.57 Å². The van der Waals surface area contributed by atoms with Crippen LogP contribution in [0.3, 0.4) is 0 Å². The summed E-state index contributed by atoms with van der Waals surface area (Å²) in [4.78, 5) is 0. The van der Waals surface area contributed by atoms with E-state index in [4.69, 9.17) is 5.73 Å². The molecule has 1 heterocycles.